The first kappa shape index (κ1) is 8.74. The number of aryl methyl sites for hydroxylation is 2. The molecule has 0 aromatic carbocycles. The zero-order valence-corrected chi connectivity index (χ0v) is 7.96. The molecule has 0 atom stereocenters. The summed E-state index contributed by atoms with van der Waals surface area (Å²) >= 11 is 0. The minimum atomic E-state index is -0.912. The number of nitrogens with one attached hydrogen (secondary N) is 1. The second-order valence-corrected chi connectivity index (χ2v) is 3.28. The summed E-state index contributed by atoms with van der Waals surface area (Å²) in [5.74, 6) is -0.912. The van der Waals surface area contributed by atoms with Crippen LogP contribution in [0.2, 0.25) is 0 Å². The highest BCUT2D eigenvalue weighted by Crippen LogP contribution is 2.23. The lowest BCUT2D eigenvalue weighted by atomic mass is 10.1. The van der Waals surface area contributed by atoms with Crippen molar-refractivity contribution < 1.29 is 9.90 Å². The quantitative estimate of drug-likeness (QED) is 0.721. The van der Waals surface area contributed by atoms with E-state index in [9.17, 15) is 4.79 Å². The van der Waals surface area contributed by atoms with Crippen LogP contribution in [0.25, 0.3) is 11.0 Å². The van der Waals surface area contributed by atoms with Gasteiger partial charge >= 0.3 is 5.97 Å². The molecule has 2 heterocycles. The van der Waals surface area contributed by atoms with E-state index in [-0.39, 0.29) is 0 Å². The van der Waals surface area contributed by atoms with Crippen molar-refractivity contribution in [1.29, 1.82) is 0 Å². The number of carboxylic acids is 1. The molecule has 0 saturated heterocycles. The number of pyridine rings is 1. The molecular weight excluding hydrogens is 180 g/mol. The van der Waals surface area contributed by atoms with Gasteiger partial charge in [0.2, 0.25) is 0 Å². The van der Waals surface area contributed by atoms with Crippen molar-refractivity contribution in [3.63, 3.8) is 0 Å². The van der Waals surface area contributed by atoms with Crippen LogP contribution in [0.1, 0.15) is 21.6 Å². The zero-order valence-electron chi connectivity index (χ0n) is 7.96. The first-order chi connectivity index (χ1) is 6.61. The van der Waals surface area contributed by atoms with Crippen LogP contribution in [0.4, 0.5) is 0 Å². The molecule has 4 nitrogen and oxygen atoms in total. The molecule has 2 aromatic rings. The van der Waals surface area contributed by atoms with Gasteiger partial charge in [-0.15, -0.1) is 0 Å². The lowest BCUT2D eigenvalue weighted by Gasteiger charge is -1.96. The molecule has 2 aromatic heterocycles. The summed E-state index contributed by atoms with van der Waals surface area (Å²) in [7, 11) is 0. The fourth-order valence-corrected chi connectivity index (χ4v) is 1.66. The van der Waals surface area contributed by atoms with Crippen LogP contribution in [-0.4, -0.2) is 21.0 Å². The van der Waals surface area contributed by atoms with Crippen LogP contribution in [0.5, 0.6) is 0 Å². The average Bonchev–Trinajstić information content (AvgIpc) is 2.42. The lowest BCUT2D eigenvalue weighted by molar-refractivity contribution is 0.0698. The lowest BCUT2D eigenvalue weighted by Crippen LogP contribution is -1.97. The van der Waals surface area contributed by atoms with Crippen LogP contribution in [0.3, 0.4) is 0 Å². The Morgan fingerprint density at radius 1 is 1.50 bits per heavy atom. The summed E-state index contributed by atoms with van der Waals surface area (Å²) in [4.78, 5) is 18.0. The van der Waals surface area contributed by atoms with Crippen LogP contribution in [0.15, 0.2) is 12.3 Å². The van der Waals surface area contributed by atoms with E-state index in [1.807, 2.05) is 13.0 Å². The van der Waals surface area contributed by atoms with Crippen LogP contribution in [0, 0.1) is 13.8 Å². The second-order valence-electron chi connectivity index (χ2n) is 3.28. The highest BCUT2D eigenvalue weighted by atomic mass is 16.4. The number of rotatable bonds is 1. The normalized spacial score (nSPS) is 10.7. The predicted octanol–water partition coefficient (Wildman–Crippen LogP) is 1.88. The topological polar surface area (TPSA) is 66.0 Å². The summed E-state index contributed by atoms with van der Waals surface area (Å²) in [5.41, 5.74) is 2.54. The Morgan fingerprint density at radius 3 is 2.86 bits per heavy atom. The minimum Gasteiger partial charge on any atom is -0.478 e. The molecule has 2 rings (SSSR count). The van der Waals surface area contributed by atoms with Gasteiger partial charge in [-0.3, -0.25) is 0 Å². The molecule has 0 aliphatic rings. The van der Waals surface area contributed by atoms with E-state index in [4.69, 9.17) is 5.11 Å². The van der Waals surface area contributed by atoms with E-state index >= 15 is 0 Å². The van der Waals surface area contributed by atoms with E-state index in [1.165, 1.54) is 0 Å². The van der Waals surface area contributed by atoms with Gasteiger partial charge in [-0.2, -0.15) is 0 Å². The fraction of sp³-hybridized carbons (Fsp3) is 0.200. The van der Waals surface area contributed by atoms with E-state index in [2.05, 4.69) is 9.97 Å². The van der Waals surface area contributed by atoms with Gasteiger partial charge in [-0.25, -0.2) is 9.78 Å². The van der Waals surface area contributed by atoms with Crippen molar-refractivity contribution in [3.05, 3.63) is 29.1 Å². The highest BCUT2D eigenvalue weighted by Gasteiger charge is 2.16. The van der Waals surface area contributed by atoms with Crippen LogP contribution >= 0.6 is 0 Å². The number of carboxylic acid groups (broad SMARTS) is 1. The maximum atomic E-state index is 11.0. The third-order valence-electron chi connectivity index (χ3n) is 2.30. The van der Waals surface area contributed by atoms with Gasteiger partial charge in [0, 0.05) is 17.3 Å². The second kappa shape index (κ2) is 2.83. The van der Waals surface area contributed by atoms with Crippen molar-refractivity contribution >= 4 is 17.0 Å². The number of H-pyrrole nitrogens is 1. The maximum Gasteiger partial charge on any atom is 0.338 e. The number of fused-ring (bicyclic) bond motifs is 1. The summed E-state index contributed by atoms with van der Waals surface area (Å²) in [6, 6.07) is 1.81. The Hall–Kier alpha value is -1.84. The number of aromatic carboxylic acids is 1. The Balaban J connectivity index is 2.93. The van der Waals surface area contributed by atoms with Crippen molar-refractivity contribution in [2.45, 2.75) is 13.8 Å². The number of nitrogens with zero attached hydrogens (tertiary/aromatic N) is 1. The molecule has 0 aliphatic carbocycles. The highest BCUT2D eigenvalue weighted by molar-refractivity contribution is 6.04. The van der Waals surface area contributed by atoms with Gasteiger partial charge in [-0.1, -0.05) is 0 Å². The number of hydrogen-bond acceptors (Lipinski definition) is 2. The van der Waals surface area contributed by atoms with Crippen LogP contribution < -0.4 is 0 Å². The van der Waals surface area contributed by atoms with Crippen molar-refractivity contribution in [3.8, 4) is 0 Å². The largest absolute Gasteiger partial charge is 0.478 e. The van der Waals surface area contributed by atoms with Gasteiger partial charge in [0.15, 0.2) is 0 Å². The monoisotopic (exact) mass is 190 g/mol. The summed E-state index contributed by atoms with van der Waals surface area (Å²) in [5, 5.41) is 9.74. The van der Waals surface area contributed by atoms with Crippen molar-refractivity contribution in [2.24, 2.45) is 0 Å². The molecule has 14 heavy (non-hydrogen) atoms. The molecule has 4 heteroatoms. The molecule has 0 amide bonds. The summed E-state index contributed by atoms with van der Waals surface area (Å²) in [6.07, 6.45) is 1.67. The molecule has 0 unspecified atom stereocenters. The summed E-state index contributed by atoms with van der Waals surface area (Å²) in [6.45, 7) is 3.62. The van der Waals surface area contributed by atoms with Gasteiger partial charge in [0.05, 0.1) is 5.56 Å². The van der Waals surface area contributed by atoms with E-state index in [0.29, 0.717) is 22.3 Å². The van der Waals surface area contributed by atoms with Gasteiger partial charge in [0.25, 0.3) is 0 Å². The Bertz CT molecular complexity index is 514. The molecule has 0 radical (unpaired) electrons. The van der Waals surface area contributed by atoms with Crippen molar-refractivity contribution in [2.75, 3.05) is 0 Å². The molecular formula is C10H10N2O2. The molecule has 0 saturated carbocycles. The van der Waals surface area contributed by atoms with E-state index in [1.54, 1.807) is 13.1 Å². The SMILES string of the molecule is Cc1[nH]c2nccc(C)c2c1C(=O)O. The Kier molecular flexibility index (Phi) is 1.77. The Labute approximate surface area is 80.6 Å². The van der Waals surface area contributed by atoms with E-state index in [0.717, 1.165) is 5.56 Å². The molecule has 0 fully saturated rings. The van der Waals surface area contributed by atoms with Crippen LogP contribution in [-0.2, 0) is 0 Å². The van der Waals surface area contributed by atoms with Gasteiger partial charge in [-0.05, 0) is 25.5 Å². The van der Waals surface area contributed by atoms with Gasteiger partial charge in [0.1, 0.15) is 5.65 Å². The smallest absolute Gasteiger partial charge is 0.338 e. The molecule has 0 bridgehead atoms. The molecule has 0 spiro atoms. The van der Waals surface area contributed by atoms with E-state index < -0.39 is 5.97 Å². The number of aromatic amines is 1. The first-order valence-electron chi connectivity index (χ1n) is 4.28. The number of hydrogen-bond donors (Lipinski definition) is 2. The van der Waals surface area contributed by atoms with Gasteiger partial charge < -0.3 is 10.1 Å². The number of carbonyl (C=O) groups is 1. The standard InChI is InChI=1S/C10H10N2O2/c1-5-3-4-11-9-7(5)8(10(13)14)6(2)12-9/h3-4H,1-2H3,(H,11,12)(H,13,14). The third-order valence-corrected chi connectivity index (χ3v) is 2.30. The predicted molar refractivity (Wildman–Crippen MR) is 52.5 cm³/mol. The third kappa shape index (κ3) is 1.08. The zero-order chi connectivity index (χ0) is 10.3. The minimum absolute atomic E-state index is 0.325. The van der Waals surface area contributed by atoms with Crippen molar-refractivity contribution in [1.82, 2.24) is 9.97 Å². The fourth-order valence-electron chi connectivity index (χ4n) is 1.66. The average molecular weight is 190 g/mol. The summed E-state index contributed by atoms with van der Waals surface area (Å²) < 4.78 is 0. The molecule has 2 N–H and O–H groups in total. The Morgan fingerprint density at radius 2 is 2.21 bits per heavy atom. The first-order valence-corrected chi connectivity index (χ1v) is 4.28. The maximum absolute atomic E-state index is 11.0. The molecule has 72 valence electrons. The number of aromatic nitrogens is 2. The molecule has 0 aliphatic heterocycles.